The van der Waals surface area contributed by atoms with Crippen molar-refractivity contribution in [3.05, 3.63) is 0 Å². The number of nitrogens with zero attached hydrogens (tertiary/aromatic N) is 1. The van der Waals surface area contributed by atoms with Crippen molar-refractivity contribution in [2.24, 2.45) is 5.92 Å². The standard InChI is InChI=1S/C19H34N2O2/c1-2-3-6-14-20-18(22)12-7-13-19(23)21-15-8-10-16-9-4-5-11-17(16)21/h16-17H,2-15H2,1H3,(H,20,22). The number of likely N-dealkylation sites (tertiary alicyclic amines) is 1. The highest BCUT2D eigenvalue weighted by Gasteiger charge is 2.35. The monoisotopic (exact) mass is 322 g/mol. The summed E-state index contributed by atoms with van der Waals surface area (Å²) >= 11 is 0. The Morgan fingerprint density at radius 1 is 1.00 bits per heavy atom. The lowest BCUT2D eigenvalue weighted by atomic mass is 9.78. The highest BCUT2D eigenvalue weighted by Crippen LogP contribution is 2.35. The second-order valence-corrected chi connectivity index (χ2v) is 7.25. The number of nitrogens with one attached hydrogen (secondary N) is 1. The normalized spacial score (nSPS) is 24.1. The average molecular weight is 322 g/mol. The van der Waals surface area contributed by atoms with E-state index in [0.717, 1.165) is 38.3 Å². The summed E-state index contributed by atoms with van der Waals surface area (Å²) in [5, 5.41) is 2.95. The summed E-state index contributed by atoms with van der Waals surface area (Å²) in [6, 6.07) is 0.493. The number of rotatable bonds is 8. The van der Waals surface area contributed by atoms with Crippen LogP contribution in [0.15, 0.2) is 0 Å². The predicted octanol–water partition coefficient (Wildman–Crippen LogP) is 3.64. The molecule has 1 aliphatic heterocycles. The van der Waals surface area contributed by atoms with Crippen molar-refractivity contribution in [2.75, 3.05) is 13.1 Å². The molecule has 0 bridgehead atoms. The van der Waals surface area contributed by atoms with Crippen LogP contribution in [0.2, 0.25) is 0 Å². The molecular formula is C19H34N2O2. The van der Waals surface area contributed by atoms with Gasteiger partial charge in [0.05, 0.1) is 0 Å². The van der Waals surface area contributed by atoms with Crippen molar-refractivity contribution in [1.29, 1.82) is 0 Å². The van der Waals surface area contributed by atoms with E-state index in [2.05, 4.69) is 17.1 Å². The Balaban J connectivity index is 1.65. The van der Waals surface area contributed by atoms with Gasteiger partial charge in [-0.1, -0.05) is 32.6 Å². The molecule has 2 atom stereocenters. The maximum absolute atomic E-state index is 12.5. The molecule has 0 radical (unpaired) electrons. The molecule has 1 N–H and O–H groups in total. The summed E-state index contributed by atoms with van der Waals surface area (Å²) < 4.78 is 0. The molecule has 0 spiro atoms. The van der Waals surface area contributed by atoms with E-state index in [0.29, 0.717) is 25.3 Å². The second-order valence-electron chi connectivity index (χ2n) is 7.25. The van der Waals surface area contributed by atoms with E-state index in [9.17, 15) is 9.59 Å². The third-order valence-corrected chi connectivity index (χ3v) is 5.46. The number of fused-ring (bicyclic) bond motifs is 1. The van der Waals surface area contributed by atoms with E-state index in [4.69, 9.17) is 0 Å². The zero-order valence-electron chi connectivity index (χ0n) is 14.8. The van der Waals surface area contributed by atoms with Crippen molar-refractivity contribution in [3.8, 4) is 0 Å². The van der Waals surface area contributed by atoms with Gasteiger partial charge in [0.2, 0.25) is 11.8 Å². The van der Waals surface area contributed by atoms with Crippen LogP contribution in [0.3, 0.4) is 0 Å². The van der Waals surface area contributed by atoms with Gasteiger partial charge in [-0.3, -0.25) is 9.59 Å². The molecule has 2 fully saturated rings. The van der Waals surface area contributed by atoms with Crippen molar-refractivity contribution < 1.29 is 9.59 Å². The first kappa shape index (κ1) is 18.3. The molecule has 1 saturated heterocycles. The van der Waals surface area contributed by atoms with E-state index in [-0.39, 0.29) is 11.8 Å². The number of carbonyl (C=O) groups excluding carboxylic acids is 2. The maximum Gasteiger partial charge on any atom is 0.222 e. The van der Waals surface area contributed by atoms with E-state index in [1.165, 1.54) is 38.5 Å². The van der Waals surface area contributed by atoms with E-state index >= 15 is 0 Å². The highest BCUT2D eigenvalue weighted by molar-refractivity contribution is 5.79. The molecule has 2 amide bonds. The lowest BCUT2D eigenvalue weighted by Gasteiger charge is -2.44. The molecule has 0 aromatic rings. The Labute approximate surface area is 141 Å². The summed E-state index contributed by atoms with van der Waals surface area (Å²) in [6.45, 7) is 3.87. The summed E-state index contributed by atoms with van der Waals surface area (Å²) in [4.78, 5) is 26.4. The number of amides is 2. The van der Waals surface area contributed by atoms with Crippen LogP contribution < -0.4 is 5.32 Å². The van der Waals surface area contributed by atoms with Crippen LogP contribution in [0, 0.1) is 5.92 Å². The molecule has 1 saturated carbocycles. The molecule has 2 rings (SSSR count). The summed E-state index contributed by atoms with van der Waals surface area (Å²) in [6.07, 6.45) is 12.6. The van der Waals surface area contributed by atoms with Crippen LogP contribution in [-0.4, -0.2) is 35.8 Å². The van der Waals surface area contributed by atoms with E-state index < -0.39 is 0 Å². The van der Waals surface area contributed by atoms with Crippen molar-refractivity contribution in [1.82, 2.24) is 10.2 Å². The van der Waals surface area contributed by atoms with Crippen LogP contribution >= 0.6 is 0 Å². The number of piperidine rings is 1. The SMILES string of the molecule is CCCCCNC(=O)CCCC(=O)N1CCCC2CCCCC21. The quantitative estimate of drug-likeness (QED) is 0.694. The first-order valence-corrected chi connectivity index (χ1v) is 9.78. The number of unbranched alkanes of at least 4 members (excludes halogenated alkanes) is 2. The summed E-state index contributed by atoms with van der Waals surface area (Å²) in [5.41, 5.74) is 0. The van der Waals surface area contributed by atoms with Gasteiger partial charge in [0.15, 0.2) is 0 Å². The van der Waals surface area contributed by atoms with Gasteiger partial charge in [-0.15, -0.1) is 0 Å². The van der Waals surface area contributed by atoms with Gasteiger partial charge in [-0.05, 0) is 44.4 Å². The minimum atomic E-state index is 0.100. The number of hydrogen-bond donors (Lipinski definition) is 1. The van der Waals surface area contributed by atoms with Gasteiger partial charge in [0, 0.05) is 32.0 Å². The molecule has 0 aromatic carbocycles. The molecule has 4 heteroatoms. The fraction of sp³-hybridized carbons (Fsp3) is 0.895. The topological polar surface area (TPSA) is 49.4 Å². The minimum absolute atomic E-state index is 0.100. The Kier molecular flexibility index (Phi) is 7.90. The third-order valence-electron chi connectivity index (χ3n) is 5.46. The number of hydrogen-bond acceptors (Lipinski definition) is 2. The smallest absolute Gasteiger partial charge is 0.222 e. The van der Waals surface area contributed by atoms with E-state index in [1.807, 2.05) is 0 Å². The van der Waals surface area contributed by atoms with Gasteiger partial charge in [0.1, 0.15) is 0 Å². The lowest BCUT2D eigenvalue weighted by Crippen LogP contribution is -2.49. The molecular weight excluding hydrogens is 288 g/mol. The summed E-state index contributed by atoms with van der Waals surface area (Å²) in [7, 11) is 0. The molecule has 2 aliphatic rings. The molecule has 1 heterocycles. The van der Waals surface area contributed by atoms with Gasteiger partial charge in [0.25, 0.3) is 0 Å². The maximum atomic E-state index is 12.5. The van der Waals surface area contributed by atoms with E-state index in [1.54, 1.807) is 0 Å². The van der Waals surface area contributed by atoms with Gasteiger partial charge in [-0.2, -0.15) is 0 Å². The minimum Gasteiger partial charge on any atom is -0.356 e. The molecule has 1 aliphatic carbocycles. The zero-order chi connectivity index (χ0) is 16.5. The Morgan fingerprint density at radius 3 is 2.61 bits per heavy atom. The Bertz CT molecular complexity index is 382. The molecule has 4 nitrogen and oxygen atoms in total. The largest absolute Gasteiger partial charge is 0.356 e. The second kappa shape index (κ2) is 9.94. The van der Waals surface area contributed by atoms with Crippen LogP contribution in [0.4, 0.5) is 0 Å². The molecule has 132 valence electrons. The van der Waals surface area contributed by atoms with Gasteiger partial charge >= 0.3 is 0 Å². The van der Waals surface area contributed by atoms with Gasteiger partial charge in [-0.25, -0.2) is 0 Å². The predicted molar refractivity (Wildman–Crippen MR) is 93.1 cm³/mol. The molecule has 0 aromatic heterocycles. The Morgan fingerprint density at radius 2 is 1.78 bits per heavy atom. The Hall–Kier alpha value is -1.06. The van der Waals surface area contributed by atoms with Crippen LogP contribution in [-0.2, 0) is 9.59 Å². The van der Waals surface area contributed by atoms with Crippen molar-refractivity contribution in [2.45, 2.75) is 90.0 Å². The van der Waals surface area contributed by atoms with Crippen LogP contribution in [0.1, 0.15) is 84.0 Å². The van der Waals surface area contributed by atoms with Crippen LogP contribution in [0.25, 0.3) is 0 Å². The highest BCUT2D eigenvalue weighted by atomic mass is 16.2. The average Bonchev–Trinajstić information content (AvgIpc) is 2.58. The lowest BCUT2D eigenvalue weighted by molar-refractivity contribution is -0.137. The van der Waals surface area contributed by atoms with Crippen molar-refractivity contribution >= 4 is 11.8 Å². The van der Waals surface area contributed by atoms with Crippen molar-refractivity contribution in [3.63, 3.8) is 0 Å². The number of carbonyl (C=O) groups is 2. The first-order chi connectivity index (χ1) is 11.2. The third kappa shape index (κ3) is 5.82. The fourth-order valence-electron chi connectivity index (χ4n) is 4.17. The van der Waals surface area contributed by atoms with Crippen LogP contribution in [0.5, 0.6) is 0 Å². The molecule has 23 heavy (non-hydrogen) atoms. The fourth-order valence-corrected chi connectivity index (χ4v) is 4.17. The van der Waals surface area contributed by atoms with Gasteiger partial charge < -0.3 is 10.2 Å². The first-order valence-electron chi connectivity index (χ1n) is 9.78. The molecule has 2 unspecified atom stereocenters. The summed E-state index contributed by atoms with van der Waals surface area (Å²) in [5.74, 6) is 1.12. The zero-order valence-corrected chi connectivity index (χ0v) is 14.8.